The van der Waals surface area contributed by atoms with Gasteiger partial charge in [0.2, 0.25) is 5.91 Å². The summed E-state index contributed by atoms with van der Waals surface area (Å²) in [5.74, 6) is -0.0730. The minimum atomic E-state index is -0.300. The lowest BCUT2D eigenvalue weighted by Gasteiger charge is -2.18. The molecule has 2 atom stereocenters. The zero-order valence-electron chi connectivity index (χ0n) is 11.9. The van der Waals surface area contributed by atoms with E-state index in [1.54, 1.807) is 0 Å². The lowest BCUT2D eigenvalue weighted by molar-refractivity contribution is -0.114. The molecule has 1 amide bonds. The minimum Gasteiger partial charge on any atom is -0.392 e. The molecule has 19 heavy (non-hydrogen) atoms. The Balaban J connectivity index is 2.56. The molecule has 0 aliphatic rings. The SMILES string of the molecule is CCCC(O)CNC(C)c1cccc(NC(C)=O)c1. The number of carbonyl (C=O) groups is 1. The molecule has 3 N–H and O–H groups in total. The maximum atomic E-state index is 11.0. The molecular weight excluding hydrogens is 240 g/mol. The highest BCUT2D eigenvalue weighted by Gasteiger charge is 2.08. The normalized spacial score (nSPS) is 13.9. The first-order valence-corrected chi connectivity index (χ1v) is 6.82. The van der Waals surface area contributed by atoms with Crippen molar-refractivity contribution in [3.8, 4) is 0 Å². The fourth-order valence-corrected chi connectivity index (χ4v) is 1.95. The second-order valence-electron chi connectivity index (χ2n) is 4.88. The molecule has 0 aromatic heterocycles. The van der Waals surface area contributed by atoms with Crippen LogP contribution in [0.15, 0.2) is 24.3 Å². The monoisotopic (exact) mass is 264 g/mol. The number of anilines is 1. The number of nitrogens with one attached hydrogen (secondary N) is 2. The Morgan fingerprint density at radius 2 is 2.16 bits per heavy atom. The maximum Gasteiger partial charge on any atom is 0.221 e. The lowest BCUT2D eigenvalue weighted by atomic mass is 10.1. The van der Waals surface area contributed by atoms with E-state index in [4.69, 9.17) is 0 Å². The molecule has 0 heterocycles. The van der Waals surface area contributed by atoms with Crippen molar-refractivity contribution in [3.05, 3.63) is 29.8 Å². The Hall–Kier alpha value is -1.39. The lowest BCUT2D eigenvalue weighted by Crippen LogP contribution is -2.29. The third-order valence-corrected chi connectivity index (χ3v) is 2.99. The van der Waals surface area contributed by atoms with Crippen molar-refractivity contribution in [2.45, 2.75) is 45.8 Å². The van der Waals surface area contributed by atoms with Crippen LogP contribution in [0.2, 0.25) is 0 Å². The quantitative estimate of drug-likeness (QED) is 0.709. The fraction of sp³-hybridized carbons (Fsp3) is 0.533. The maximum absolute atomic E-state index is 11.0. The van der Waals surface area contributed by atoms with Gasteiger partial charge < -0.3 is 15.7 Å². The molecule has 2 unspecified atom stereocenters. The summed E-state index contributed by atoms with van der Waals surface area (Å²) in [7, 11) is 0. The highest BCUT2D eigenvalue weighted by molar-refractivity contribution is 5.88. The summed E-state index contributed by atoms with van der Waals surface area (Å²) in [5, 5.41) is 15.8. The molecule has 1 aromatic rings. The van der Waals surface area contributed by atoms with Gasteiger partial charge in [0.25, 0.3) is 0 Å². The van der Waals surface area contributed by atoms with Gasteiger partial charge in [0.15, 0.2) is 0 Å². The van der Waals surface area contributed by atoms with Crippen molar-refractivity contribution < 1.29 is 9.90 Å². The molecule has 4 heteroatoms. The van der Waals surface area contributed by atoms with Crippen molar-refractivity contribution in [2.24, 2.45) is 0 Å². The average molecular weight is 264 g/mol. The number of rotatable bonds is 7. The Kier molecular flexibility index (Phi) is 6.53. The van der Waals surface area contributed by atoms with Crippen molar-refractivity contribution in [1.29, 1.82) is 0 Å². The largest absolute Gasteiger partial charge is 0.392 e. The van der Waals surface area contributed by atoms with E-state index in [1.807, 2.05) is 31.2 Å². The van der Waals surface area contributed by atoms with Crippen LogP contribution in [-0.2, 0) is 4.79 Å². The van der Waals surface area contributed by atoms with Crippen LogP contribution in [0.5, 0.6) is 0 Å². The van der Waals surface area contributed by atoms with E-state index >= 15 is 0 Å². The third kappa shape index (κ3) is 5.85. The Labute approximate surface area is 115 Å². The van der Waals surface area contributed by atoms with Gasteiger partial charge in [0.05, 0.1) is 6.10 Å². The first-order chi connectivity index (χ1) is 9.02. The Morgan fingerprint density at radius 1 is 1.42 bits per heavy atom. The summed E-state index contributed by atoms with van der Waals surface area (Å²) in [6.45, 7) is 6.18. The standard InChI is InChI=1S/C15H24N2O2/c1-4-6-15(19)10-16-11(2)13-7-5-8-14(9-13)17-12(3)18/h5,7-9,11,15-16,19H,4,6,10H2,1-3H3,(H,17,18). The topological polar surface area (TPSA) is 61.4 Å². The van der Waals surface area contributed by atoms with Gasteiger partial charge in [-0.3, -0.25) is 4.79 Å². The molecule has 0 fully saturated rings. The van der Waals surface area contributed by atoms with Gasteiger partial charge in [0, 0.05) is 25.2 Å². The number of aliphatic hydroxyl groups excluding tert-OH is 1. The number of hydrogen-bond acceptors (Lipinski definition) is 3. The van der Waals surface area contributed by atoms with Crippen LogP contribution in [0.1, 0.15) is 45.2 Å². The number of carbonyl (C=O) groups excluding carboxylic acids is 1. The van der Waals surface area contributed by atoms with Crippen molar-refractivity contribution in [2.75, 3.05) is 11.9 Å². The summed E-state index contributed by atoms with van der Waals surface area (Å²) < 4.78 is 0. The van der Waals surface area contributed by atoms with Crippen LogP contribution in [0.3, 0.4) is 0 Å². The number of hydrogen-bond donors (Lipinski definition) is 3. The van der Waals surface area contributed by atoms with Crippen molar-refractivity contribution in [3.63, 3.8) is 0 Å². The zero-order chi connectivity index (χ0) is 14.3. The van der Waals surface area contributed by atoms with E-state index in [2.05, 4.69) is 17.6 Å². The number of benzene rings is 1. The van der Waals surface area contributed by atoms with Gasteiger partial charge in [-0.05, 0) is 31.0 Å². The van der Waals surface area contributed by atoms with E-state index in [0.717, 1.165) is 24.1 Å². The molecule has 0 saturated heterocycles. The first-order valence-electron chi connectivity index (χ1n) is 6.82. The summed E-state index contributed by atoms with van der Waals surface area (Å²) in [6, 6.07) is 7.88. The molecule has 1 aromatic carbocycles. The predicted molar refractivity (Wildman–Crippen MR) is 78.1 cm³/mol. The van der Waals surface area contributed by atoms with E-state index in [1.165, 1.54) is 6.92 Å². The van der Waals surface area contributed by atoms with Crippen molar-refractivity contribution in [1.82, 2.24) is 5.32 Å². The third-order valence-electron chi connectivity index (χ3n) is 2.99. The molecule has 0 saturated carbocycles. The molecule has 106 valence electrons. The number of amides is 1. The second-order valence-corrected chi connectivity index (χ2v) is 4.88. The summed E-state index contributed by atoms with van der Waals surface area (Å²) in [5.41, 5.74) is 1.89. The van der Waals surface area contributed by atoms with Crippen LogP contribution in [-0.4, -0.2) is 23.7 Å². The highest BCUT2D eigenvalue weighted by atomic mass is 16.3. The van der Waals surface area contributed by atoms with Gasteiger partial charge in [-0.25, -0.2) is 0 Å². The minimum absolute atomic E-state index is 0.0730. The summed E-state index contributed by atoms with van der Waals surface area (Å²) in [6.07, 6.45) is 1.49. The first kappa shape index (κ1) is 15.7. The molecule has 0 radical (unpaired) electrons. The predicted octanol–water partition coefficient (Wildman–Crippen LogP) is 2.46. The van der Waals surface area contributed by atoms with Crippen LogP contribution in [0, 0.1) is 0 Å². The molecule has 0 spiro atoms. The van der Waals surface area contributed by atoms with E-state index < -0.39 is 0 Å². The fourth-order valence-electron chi connectivity index (χ4n) is 1.95. The molecule has 4 nitrogen and oxygen atoms in total. The van der Waals surface area contributed by atoms with Crippen LogP contribution in [0.4, 0.5) is 5.69 Å². The molecule has 0 bridgehead atoms. The van der Waals surface area contributed by atoms with Crippen molar-refractivity contribution >= 4 is 11.6 Å². The Morgan fingerprint density at radius 3 is 2.79 bits per heavy atom. The smallest absolute Gasteiger partial charge is 0.221 e. The van der Waals surface area contributed by atoms with Gasteiger partial charge in [-0.2, -0.15) is 0 Å². The van der Waals surface area contributed by atoms with E-state index in [0.29, 0.717) is 6.54 Å². The van der Waals surface area contributed by atoms with Gasteiger partial charge in [-0.15, -0.1) is 0 Å². The molecular formula is C15H24N2O2. The average Bonchev–Trinajstić information content (AvgIpc) is 2.36. The number of aliphatic hydroxyl groups is 1. The molecule has 0 aliphatic heterocycles. The highest BCUT2D eigenvalue weighted by Crippen LogP contribution is 2.17. The Bertz CT molecular complexity index is 407. The zero-order valence-corrected chi connectivity index (χ0v) is 11.9. The summed E-state index contributed by atoms with van der Waals surface area (Å²) in [4.78, 5) is 11.0. The molecule has 1 rings (SSSR count). The van der Waals surface area contributed by atoms with Crippen LogP contribution < -0.4 is 10.6 Å². The van der Waals surface area contributed by atoms with E-state index in [-0.39, 0.29) is 18.1 Å². The second kappa shape index (κ2) is 7.92. The van der Waals surface area contributed by atoms with E-state index in [9.17, 15) is 9.90 Å². The summed E-state index contributed by atoms with van der Waals surface area (Å²) >= 11 is 0. The van der Waals surface area contributed by atoms with Gasteiger partial charge >= 0.3 is 0 Å². The van der Waals surface area contributed by atoms with Gasteiger partial charge in [-0.1, -0.05) is 25.5 Å². The van der Waals surface area contributed by atoms with Crippen LogP contribution >= 0.6 is 0 Å². The van der Waals surface area contributed by atoms with Gasteiger partial charge in [0.1, 0.15) is 0 Å². The molecule has 0 aliphatic carbocycles. The van der Waals surface area contributed by atoms with Crippen LogP contribution in [0.25, 0.3) is 0 Å².